The van der Waals surface area contributed by atoms with Gasteiger partial charge in [0.15, 0.2) is 0 Å². The third-order valence-electron chi connectivity index (χ3n) is 3.31. The first-order valence-corrected chi connectivity index (χ1v) is 6.89. The number of hydrogen-bond acceptors (Lipinski definition) is 3. The molecule has 1 heterocycles. The Balaban J connectivity index is 1.94. The largest absolute Gasteiger partial charge is 0.480 e. The number of rotatable bonds is 6. The van der Waals surface area contributed by atoms with E-state index in [2.05, 4.69) is 30.6 Å². The van der Waals surface area contributed by atoms with E-state index in [4.69, 9.17) is 5.11 Å². The first kappa shape index (κ1) is 12.6. The molecule has 17 heavy (non-hydrogen) atoms. The fourth-order valence-corrected chi connectivity index (χ4v) is 2.85. The van der Waals surface area contributed by atoms with Crippen LogP contribution >= 0.6 is 11.3 Å². The normalized spacial score (nSPS) is 18.0. The lowest BCUT2D eigenvalue weighted by molar-refractivity contribution is -0.140. The highest BCUT2D eigenvalue weighted by atomic mass is 32.1. The number of hydrogen-bond donors (Lipinski definition) is 2. The van der Waals surface area contributed by atoms with Gasteiger partial charge in [-0.2, -0.15) is 0 Å². The molecule has 2 N–H and O–H groups in total. The van der Waals surface area contributed by atoms with Gasteiger partial charge >= 0.3 is 5.97 Å². The van der Waals surface area contributed by atoms with Crippen LogP contribution in [-0.2, 0) is 10.2 Å². The van der Waals surface area contributed by atoms with Crippen LogP contribution in [0.15, 0.2) is 17.5 Å². The zero-order valence-electron chi connectivity index (χ0n) is 10.3. The Morgan fingerprint density at radius 3 is 2.82 bits per heavy atom. The van der Waals surface area contributed by atoms with Gasteiger partial charge in [0.05, 0.1) is 0 Å². The Morgan fingerprint density at radius 1 is 1.65 bits per heavy atom. The highest BCUT2D eigenvalue weighted by Crippen LogP contribution is 2.33. The third-order valence-corrected chi connectivity index (χ3v) is 4.55. The Bertz CT molecular complexity index is 382. The average Bonchev–Trinajstić information content (AvgIpc) is 2.92. The lowest BCUT2D eigenvalue weighted by Gasteiger charge is -2.26. The first-order valence-electron chi connectivity index (χ1n) is 6.01. The van der Waals surface area contributed by atoms with Crippen molar-refractivity contribution >= 4 is 17.3 Å². The van der Waals surface area contributed by atoms with Crippen LogP contribution in [0.2, 0.25) is 0 Å². The van der Waals surface area contributed by atoms with Crippen molar-refractivity contribution in [3.8, 4) is 0 Å². The zero-order valence-corrected chi connectivity index (χ0v) is 11.1. The summed E-state index contributed by atoms with van der Waals surface area (Å²) in [7, 11) is 0. The van der Waals surface area contributed by atoms with Gasteiger partial charge in [-0.25, -0.2) is 0 Å². The van der Waals surface area contributed by atoms with Crippen LogP contribution in [0, 0.1) is 5.92 Å². The van der Waals surface area contributed by atoms with Gasteiger partial charge in [0, 0.05) is 16.8 Å². The van der Waals surface area contributed by atoms with E-state index >= 15 is 0 Å². The second-order valence-electron chi connectivity index (χ2n) is 5.40. The van der Waals surface area contributed by atoms with E-state index in [1.807, 2.05) is 6.07 Å². The molecule has 0 aliphatic heterocycles. The van der Waals surface area contributed by atoms with Crippen molar-refractivity contribution in [1.82, 2.24) is 5.32 Å². The van der Waals surface area contributed by atoms with Crippen molar-refractivity contribution in [2.24, 2.45) is 5.92 Å². The Kier molecular flexibility index (Phi) is 3.54. The van der Waals surface area contributed by atoms with Gasteiger partial charge in [0.1, 0.15) is 6.04 Å². The van der Waals surface area contributed by atoms with Crippen LogP contribution in [0.1, 0.15) is 31.6 Å². The van der Waals surface area contributed by atoms with Gasteiger partial charge in [-0.3, -0.25) is 4.79 Å². The second kappa shape index (κ2) is 4.78. The quantitative estimate of drug-likeness (QED) is 0.819. The molecule has 3 nitrogen and oxygen atoms in total. The lowest BCUT2D eigenvalue weighted by atomic mass is 9.91. The third kappa shape index (κ3) is 3.07. The summed E-state index contributed by atoms with van der Waals surface area (Å²) in [5.41, 5.74) is -0.00322. The molecule has 1 aromatic heterocycles. The van der Waals surface area contributed by atoms with Crippen molar-refractivity contribution in [3.05, 3.63) is 22.4 Å². The molecular weight excluding hydrogens is 234 g/mol. The Labute approximate surface area is 106 Å². The molecule has 1 unspecified atom stereocenters. The number of carboxylic acid groups (broad SMARTS) is 1. The smallest absolute Gasteiger partial charge is 0.320 e. The minimum Gasteiger partial charge on any atom is -0.480 e. The van der Waals surface area contributed by atoms with E-state index in [1.165, 1.54) is 4.88 Å². The van der Waals surface area contributed by atoms with Crippen molar-refractivity contribution in [3.63, 3.8) is 0 Å². The number of thiophene rings is 1. The highest BCUT2D eigenvalue weighted by Gasteiger charge is 2.37. The van der Waals surface area contributed by atoms with Crippen LogP contribution in [0.25, 0.3) is 0 Å². The molecule has 1 aliphatic carbocycles. The molecule has 1 atom stereocenters. The van der Waals surface area contributed by atoms with Gasteiger partial charge in [0.25, 0.3) is 0 Å². The number of nitrogens with one attached hydrogen (secondary N) is 1. The van der Waals surface area contributed by atoms with Gasteiger partial charge in [0.2, 0.25) is 0 Å². The summed E-state index contributed by atoms with van der Waals surface area (Å²) >= 11 is 1.73. The molecule has 0 bridgehead atoms. The molecule has 1 fully saturated rings. The molecule has 0 spiro atoms. The molecular formula is C13H19NO2S. The standard InChI is InChI=1S/C13H19NO2S/c1-13(2,10-4-3-7-17-10)8-14-11(12(15)16)9-5-6-9/h3-4,7,9,11,14H,5-6,8H2,1-2H3,(H,15,16). The van der Waals surface area contributed by atoms with Crippen molar-refractivity contribution < 1.29 is 9.90 Å². The molecule has 0 aromatic carbocycles. The molecule has 2 rings (SSSR count). The van der Waals surface area contributed by atoms with Gasteiger partial charge < -0.3 is 10.4 Å². The first-order chi connectivity index (χ1) is 8.00. The minimum absolute atomic E-state index is 0.00322. The molecule has 1 saturated carbocycles. The summed E-state index contributed by atoms with van der Waals surface area (Å²) in [5.74, 6) is -0.374. The van der Waals surface area contributed by atoms with E-state index in [0.717, 1.165) is 12.8 Å². The molecule has 94 valence electrons. The fourth-order valence-electron chi connectivity index (χ4n) is 2.00. The SMILES string of the molecule is CC(C)(CNC(C(=O)O)C1CC1)c1cccs1. The maximum atomic E-state index is 11.1. The van der Waals surface area contributed by atoms with Crippen molar-refractivity contribution in [1.29, 1.82) is 0 Å². The molecule has 0 saturated heterocycles. The fraction of sp³-hybridized carbons (Fsp3) is 0.615. The maximum absolute atomic E-state index is 11.1. The highest BCUT2D eigenvalue weighted by molar-refractivity contribution is 7.10. The summed E-state index contributed by atoms with van der Waals surface area (Å²) in [6.07, 6.45) is 2.09. The molecule has 0 radical (unpaired) electrons. The van der Waals surface area contributed by atoms with Crippen LogP contribution in [0.3, 0.4) is 0 Å². The molecule has 1 aliphatic rings. The van der Waals surface area contributed by atoms with Crippen LogP contribution in [0.5, 0.6) is 0 Å². The topological polar surface area (TPSA) is 49.3 Å². The monoisotopic (exact) mass is 253 g/mol. The van der Waals surface area contributed by atoms with E-state index in [0.29, 0.717) is 12.5 Å². The van der Waals surface area contributed by atoms with E-state index in [1.54, 1.807) is 11.3 Å². The summed E-state index contributed by atoms with van der Waals surface area (Å²) in [6, 6.07) is 3.78. The van der Waals surface area contributed by atoms with Gasteiger partial charge in [-0.15, -0.1) is 11.3 Å². The van der Waals surface area contributed by atoms with Crippen LogP contribution < -0.4 is 5.32 Å². The Hall–Kier alpha value is -0.870. The zero-order chi connectivity index (χ0) is 12.5. The van der Waals surface area contributed by atoms with E-state index < -0.39 is 5.97 Å². The number of carboxylic acids is 1. The predicted molar refractivity (Wildman–Crippen MR) is 69.5 cm³/mol. The van der Waals surface area contributed by atoms with Gasteiger partial charge in [-0.1, -0.05) is 19.9 Å². The van der Waals surface area contributed by atoms with Crippen molar-refractivity contribution in [2.45, 2.75) is 38.1 Å². The number of aliphatic carboxylic acids is 1. The summed E-state index contributed by atoms with van der Waals surface area (Å²) < 4.78 is 0. The molecule has 0 amide bonds. The van der Waals surface area contributed by atoms with E-state index in [-0.39, 0.29) is 11.5 Å². The second-order valence-corrected chi connectivity index (χ2v) is 6.34. The molecule has 1 aromatic rings. The average molecular weight is 253 g/mol. The van der Waals surface area contributed by atoms with Crippen LogP contribution in [-0.4, -0.2) is 23.7 Å². The minimum atomic E-state index is -0.713. The molecule has 4 heteroatoms. The maximum Gasteiger partial charge on any atom is 0.320 e. The van der Waals surface area contributed by atoms with E-state index in [9.17, 15) is 4.79 Å². The summed E-state index contributed by atoms with van der Waals surface area (Å²) in [6.45, 7) is 5.01. The van der Waals surface area contributed by atoms with Crippen LogP contribution in [0.4, 0.5) is 0 Å². The number of carbonyl (C=O) groups is 1. The Morgan fingerprint density at radius 2 is 2.35 bits per heavy atom. The predicted octanol–water partition coefficient (Wildman–Crippen LogP) is 2.48. The summed E-state index contributed by atoms with van der Waals surface area (Å²) in [5, 5.41) is 14.4. The lowest BCUT2D eigenvalue weighted by Crippen LogP contribution is -2.44. The van der Waals surface area contributed by atoms with Crippen molar-refractivity contribution in [2.75, 3.05) is 6.54 Å². The summed E-state index contributed by atoms with van der Waals surface area (Å²) in [4.78, 5) is 12.4. The van der Waals surface area contributed by atoms with Gasteiger partial charge in [-0.05, 0) is 30.2 Å².